The quantitative estimate of drug-likeness (QED) is 0.647. The van der Waals surface area contributed by atoms with Crippen molar-refractivity contribution in [3.05, 3.63) is 48.3 Å². The molecule has 0 aliphatic heterocycles. The summed E-state index contributed by atoms with van der Waals surface area (Å²) in [5.74, 6) is 1.19. The Morgan fingerprint density at radius 3 is 2.29 bits per heavy atom. The minimum absolute atomic E-state index is 0.0657. The normalized spacial score (nSPS) is 9.94. The summed E-state index contributed by atoms with van der Waals surface area (Å²) in [6.45, 7) is 1.48. The second kappa shape index (κ2) is 4.65. The van der Waals surface area contributed by atoms with Crippen molar-refractivity contribution in [2.75, 3.05) is 5.73 Å². The van der Waals surface area contributed by atoms with Gasteiger partial charge in [0.25, 0.3) is 0 Å². The summed E-state index contributed by atoms with van der Waals surface area (Å²) in [7, 11) is 0. The van der Waals surface area contributed by atoms with Gasteiger partial charge in [-0.3, -0.25) is 4.79 Å². The van der Waals surface area contributed by atoms with E-state index in [-0.39, 0.29) is 5.78 Å². The number of nitrogen functional groups attached to an aromatic ring is 1. The Balaban J connectivity index is 2.13. The number of carbonyl (C=O) groups is 1. The Morgan fingerprint density at radius 2 is 1.76 bits per heavy atom. The SMILES string of the molecule is CC(=O)c1ccc(Oc2ccc(N)cc2)cn1. The highest BCUT2D eigenvalue weighted by Gasteiger charge is 2.02. The van der Waals surface area contributed by atoms with Crippen LogP contribution < -0.4 is 10.5 Å². The number of hydrogen-bond donors (Lipinski definition) is 1. The van der Waals surface area contributed by atoms with Gasteiger partial charge in [0, 0.05) is 12.6 Å². The van der Waals surface area contributed by atoms with Crippen LogP contribution in [0, 0.1) is 0 Å². The average Bonchev–Trinajstić information content (AvgIpc) is 2.33. The molecule has 0 amide bonds. The third-order valence-electron chi connectivity index (χ3n) is 2.21. The van der Waals surface area contributed by atoms with Crippen LogP contribution in [0.4, 0.5) is 5.69 Å². The molecule has 2 rings (SSSR count). The molecule has 0 saturated heterocycles. The van der Waals surface area contributed by atoms with Gasteiger partial charge < -0.3 is 10.5 Å². The Bertz CT molecular complexity index is 518. The molecule has 0 saturated carbocycles. The van der Waals surface area contributed by atoms with E-state index >= 15 is 0 Å². The second-order valence-electron chi connectivity index (χ2n) is 3.61. The number of benzene rings is 1. The number of hydrogen-bond acceptors (Lipinski definition) is 4. The molecule has 1 aromatic carbocycles. The fraction of sp³-hybridized carbons (Fsp3) is 0.0769. The maximum atomic E-state index is 11.0. The molecule has 0 spiro atoms. The van der Waals surface area contributed by atoms with Gasteiger partial charge in [0.05, 0.1) is 6.20 Å². The number of rotatable bonds is 3. The summed E-state index contributed by atoms with van der Waals surface area (Å²) in [6.07, 6.45) is 1.52. The van der Waals surface area contributed by atoms with Crippen molar-refractivity contribution >= 4 is 11.5 Å². The van der Waals surface area contributed by atoms with Crippen LogP contribution in [0.15, 0.2) is 42.6 Å². The smallest absolute Gasteiger partial charge is 0.178 e. The van der Waals surface area contributed by atoms with E-state index in [9.17, 15) is 4.79 Å². The Morgan fingerprint density at radius 1 is 1.12 bits per heavy atom. The molecule has 1 heterocycles. The maximum Gasteiger partial charge on any atom is 0.178 e. The van der Waals surface area contributed by atoms with E-state index in [4.69, 9.17) is 10.5 Å². The molecule has 0 atom stereocenters. The molecule has 0 radical (unpaired) electrons. The summed E-state index contributed by atoms with van der Waals surface area (Å²) < 4.78 is 5.54. The molecule has 17 heavy (non-hydrogen) atoms. The van der Waals surface area contributed by atoms with Crippen molar-refractivity contribution in [1.29, 1.82) is 0 Å². The van der Waals surface area contributed by atoms with Gasteiger partial charge in [0.15, 0.2) is 5.78 Å². The molecule has 4 heteroatoms. The lowest BCUT2D eigenvalue weighted by Gasteiger charge is -2.05. The molecule has 0 bridgehead atoms. The molecule has 4 nitrogen and oxygen atoms in total. The average molecular weight is 228 g/mol. The molecule has 86 valence electrons. The van der Waals surface area contributed by atoms with E-state index in [1.807, 2.05) is 0 Å². The van der Waals surface area contributed by atoms with Crippen LogP contribution in [0.25, 0.3) is 0 Å². The van der Waals surface area contributed by atoms with Gasteiger partial charge >= 0.3 is 0 Å². The van der Waals surface area contributed by atoms with Crippen molar-refractivity contribution in [2.24, 2.45) is 0 Å². The number of Topliss-reactive ketones (excluding diaryl/α,β-unsaturated/α-hetero) is 1. The van der Waals surface area contributed by atoms with E-state index < -0.39 is 0 Å². The first kappa shape index (κ1) is 11.1. The molecule has 0 aliphatic carbocycles. The standard InChI is InChI=1S/C13H12N2O2/c1-9(16)13-7-6-12(8-15-13)17-11-4-2-10(14)3-5-11/h2-8H,14H2,1H3. The van der Waals surface area contributed by atoms with Gasteiger partial charge in [-0.05, 0) is 36.4 Å². The van der Waals surface area contributed by atoms with Gasteiger partial charge in [-0.2, -0.15) is 0 Å². The second-order valence-corrected chi connectivity index (χ2v) is 3.61. The lowest BCUT2D eigenvalue weighted by Crippen LogP contribution is -1.96. The minimum atomic E-state index is -0.0657. The first-order chi connectivity index (χ1) is 8.15. The van der Waals surface area contributed by atoms with Crippen molar-refractivity contribution in [3.8, 4) is 11.5 Å². The topological polar surface area (TPSA) is 65.2 Å². The summed E-state index contributed by atoms with van der Waals surface area (Å²) in [5, 5.41) is 0. The molecular formula is C13H12N2O2. The Labute approximate surface area is 99.1 Å². The minimum Gasteiger partial charge on any atom is -0.456 e. The van der Waals surface area contributed by atoms with Crippen LogP contribution in [-0.2, 0) is 0 Å². The zero-order valence-electron chi connectivity index (χ0n) is 9.38. The Kier molecular flexibility index (Phi) is 3.05. The van der Waals surface area contributed by atoms with E-state index in [0.29, 0.717) is 22.9 Å². The van der Waals surface area contributed by atoms with E-state index in [1.54, 1.807) is 36.4 Å². The van der Waals surface area contributed by atoms with Crippen LogP contribution >= 0.6 is 0 Å². The number of nitrogens with zero attached hydrogens (tertiary/aromatic N) is 1. The van der Waals surface area contributed by atoms with E-state index in [2.05, 4.69) is 4.98 Å². The number of carbonyl (C=O) groups excluding carboxylic acids is 1. The van der Waals surface area contributed by atoms with Crippen LogP contribution in [-0.4, -0.2) is 10.8 Å². The highest BCUT2D eigenvalue weighted by atomic mass is 16.5. The zero-order valence-corrected chi connectivity index (χ0v) is 9.38. The zero-order chi connectivity index (χ0) is 12.3. The summed E-state index contributed by atoms with van der Waals surface area (Å²) in [6, 6.07) is 10.4. The van der Waals surface area contributed by atoms with Gasteiger partial charge in [-0.25, -0.2) is 4.98 Å². The number of nitrogens with two attached hydrogens (primary N) is 1. The van der Waals surface area contributed by atoms with Crippen LogP contribution in [0.3, 0.4) is 0 Å². The van der Waals surface area contributed by atoms with Crippen LogP contribution in [0.2, 0.25) is 0 Å². The van der Waals surface area contributed by atoms with Crippen molar-refractivity contribution in [3.63, 3.8) is 0 Å². The van der Waals surface area contributed by atoms with E-state index in [0.717, 1.165) is 0 Å². The predicted octanol–water partition coefficient (Wildman–Crippen LogP) is 2.66. The van der Waals surface area contributed by atoms with E-state index in [1.165, 1.54) is 13.1 Å². The third-order valence-corrected chi connectivity index (χ3v) is 2.21. The summed E-state index contributed by atoms with van der Waals surface area (Å²) >= 11 is 0. The summed E-state index contributed by atoms with van der Waals surface area (Å²) in [4.78, 5) is 15.0. The molecule has 0 fully saturated rings. The lowest BCUT2D eigenvalue weighted by molar-refractivity contribution is 0.101. The highest BCUT2D eigenvalue weighted by Crippen LogP contribution is 2.21. The molecule has 2 N–H and O–H groups in total. The first-order valence-electron chi connectivity index (χ1n) is 5.15. The van der Waals surface area contributed by atoms with Gasteiger partial charge in [-0.15, -0.1) is 0 Å². The van der Waals surface area contributed by atoms with Crippen LogP contribution in [0.5, 0.6) is 11.5 Å². The third kappa shape index (κ3) is 2.81. The number of ketones is 1. The fourth-order valence-corrected chi connectivity index (χ4v) is 1.32. The molecular weight excluding hydrogens is 216 g/mol. The number of aromatic nitrogens is 1. The lowest BCUT2D eigenvalue weighted by atomic mass is 10.3. The summed E-state index contributed by atoms with van der Waals surface area (Å²) in [5.41, 5.74) is 6.68. The maximum absolute atomic E-state index is 11.0. The molecule has 0 unspecified atom stereocenters. The van der Waals surface area contributed by atoms with Crippen molar-refractivity contribution in [2.45, 2.75) is 6.92 Å². The predicted molar refractivity (Wildman–Crippen MR) is 65.2 cm³/mol. The van der Waals surface area contributed by atoms with Gasteiger partial charge in [-0.1, -0.05) is 0 Å². The van der Waals surface area contributed by atoms with Crippen LogP contribution in [0.1, 0.15) is 17.4 Å². The number of pyridine rings is 1. The molecule has 0 aliphatic rings. The molecule has 2 aromatic rings. The van der Waals surface area contributed by atoms with Gasteiger partial charge in [0.1, 0.15) is 17.2 Å². The largest absolute Gasteiger partial charge is 0.456 e. The van der Waals surface area contributed by atoms with Crippen molar-refractivity contribution in [1.82, 2.24) is 4.98 Å². The Hall–Kier alpha value is -2.36. The van der Waals surface area contributed by atoms with Gasteiger partial charge in [0.2, 0.25) is 0 Å². The highest BCUT2D eigenvalue weighted by molar-refractivity contribution is 5.92. The number of ether oxygens (including phenoxy) is 1. The molecule has 1 aromatic heterocycles. The fourth-order valence-electron chi connectivity index (χ4n) is 1.32. The van der Waals surface area contributed by atoms with Crippen molar-refractivity contribution < 1.29 is 9.53 Å². The monoisotopic (exact) mass is 228 g/mol. The first-order valence-corrected chi connectivity index (χ1v) is 5.15. The number of anilines is 1.